The number of likely N-dealkylation sites (N-methyl/N-ethyl adjacent to an activating group) is 1. The normalized spacial score (nSPS) is 15.4. The second kappa shape index (κ2) is 13.1. The van der Waals surface area contributed by atoms with E-state index < -0.39 is 11.6 Å². The van der Waals surface area contributed by atoms with E-state index in [9.17, 15) is 13.6 Å². The smallest absolute Gasteiger partial charge is 0.257 e. The molecule has 2 aliphatic rings. The molecule has 0 aliphatic carbocycles. The number of aliphatic imine (C=N–C) groups is 1. The minimum atomic E-state index is -0.725. The summed E-state index contributed by atoms with van der Waals surface area (Å²) in [6.45, 7) is 1.52. The fourth-order valence-corrected chi connectivity index (χ4v) is 5.55. The number of carbonyl (C=O) groups is 1. The Morgan fingerprint density at radius 1 is 1.07 bits per heavy atom. The van der Waals surface area contributed by atoms with Crippen LogP contribution in [-0.2, 0) is 6.54 Å². The molecule has 6 rings (SSSR count). The molecule has 1 amide bonds. The number of rotatable bonds is 5. The lowest BCUT2D eigenvalue weighted by atomic mass is 9.95. The number of benzene rings is 3. The molecule has 4 aromatic rings. The number of nitrogens with zero attached hydrogens (tertiary/aromatic N) is 5. The third-order valence-corrected chi connectivity index (χ3v) is 8.04. The number of guanidine groups is 1. The lowest BCUT2D eigenvalue weighted by Crippen LogP contribution is -2.43. The highest BCUT2D eigenvalue weighted by molar-refractivity contribution is 6.31. The van der Waals surface area contributed by atoms with Crippen LogP contribution in [0, 0.1) is 17.0 Å². The zero-order valence-corrected chi connectivity index (χ0v) is 24.8. The highest BCUT2D eigenvalue weighted by Crippen LogP contribution is 2.34. The molecule has 45 heavy (non-hydrogen) atoms. The maximum Gasteiger partial charge on any atom is 0.257 e. The second-order valence-corrected chi connectivity index (χ2v) is 11.3. The Balaban J connectivity index is 0.00000400. The molecule has 1 saturated heterocycles. The van der Waals surface area contributed by atoms with Gasteiger partial charge in [0, 0.05) is 58.3 Å². The maximum atomic E-state index is 14.8. The number of nitrogens with one attached hydrogen (secondary N) is 3. The first kappa shape index (κ1) is 31.7. The molecule has 0 radical (unpaired) electrons. The number of hydrogen-bond donors (Lipinski definition) is 3. The first-order valence-electron chi connectivity index (χ1n) is 14.0. The highest BCUT2D eigenvalue weighted by atomic mass is 35.5. The van der Waals surface area contributed by atoms with Crippen LogP contribution in [0.4, 0.5) is 20.4 Å². The lowest BCUT2D eigenvalue weighted by molar-refractivity contribution is 0.0972. The molecule has 3 N–H and O–H groups in total. The van der Waals surface area contributed by atoms with Gasteiger partial charge < -0.3 is 15.1 Å². The van der Waals surface area contributed by atoms with Gasteiger partial charge in [-0.3, -0.25) is 20.5 Å². The molecule has 0 saturated carbocycles. The first-order valence-corrected chi connectivity index (χ1v) is 14.4. The average molecular weight is 631 g/mol. The summed E-state index contributed by atoms with van der Waals surface area (Å²) >= 11 is 6.31. The monoisotopic (exact) mass is 630 g/mol. The molecule has 0 spiro atoms. The van der Waals surface area contributed by atoms with Gasteiger partial charge in [0.25, 0.3) is 5.91 Å². The van der Waals surface area contributed by atoms with Crippen LogP contribution >= 0.6 is 11.6 Å². The van der Waals surface area contributed by atoms with Gasteiger partial charge in [-0.25, -0.2) is 18.7 Å². The molecular formula is C33H33ClF2N8O. The van der Waals surface area contributed by atoms with Crippen LogP contribution in [0.1, 0.15) is 40.9 Å². The fraction of sp³-hybridized carbons (Fsp3) is 0.242. The third-order valence-electron chi connectivity index (χ3n) is 7.81. The fourth-order valence-electron chi connectivity index (χ4n) is 5.38. The Morgan fingerprint density at radius 2 is 1.80 bits per heavy atom. The van der Waals surface area contributed by atoms with Crippen molar-refractivity contribution in [1.29, 1.82) is 5.41 Å². The van der Waals surface area contributed by atoms with Crippen molar-refractivity contribution in [3.63, 3.8) is 0 Å². The lowest BCUT2D eigenvalue weighted by Gasteiger charge is -2.22. The maximum absolute atomic E-state index is 14.8. The van der Waals surface area contributed by atoms with E-state index in [1.54, 1.807) is 48.7 Å². The van der Waals surface area contributed by atoms with Gasteiger partial charge in [-0.2, -0.15) is 0 Å². The van der Waals surface area contributed by atoms with Crippen molar-refractivity contribution in [1.82, 2.24) is 25.1 Å². The molecular weight excluding hydrogens is 598 g/mol. The quantitative estimate of drug-likeness (QED) is 0.181. The Bertz CT molecular complexity index is 1770. The first-order chi connectivity index (χ1) is 21.2. The molecule has 3 aromatic carbocycles. The van der Waals surface area contributed by atoms with E-state index in [4.69, 9.17) is 22.0 Å². The van der Waals surface area contributed by atoms with Gasteiger partial charge in [-0.1, -0.05) is 31.2 Å². The number of fused-ring (bicyclic) bond motifs is 3. The van der Waals surface area contributed by atoms with Crippen LogP contribution in [0.3, 0.4) is 0 Å². The van der Waals surface area contributed by atoms with Crippen molar-refractivity contribution in [2.24, 2.45) is 4.99 Å². The van der Waals surface area contributed by atoms with Crippen molar-refractivity contribution in [3.05, 3.63) is 106 Å². The molecule has 1 fully saturated rings. The predicted molar refractivity (Wildman–Crippen MR) is 173 cm³/mol. The number of carbonyl (C=O) groups excluding carboxylic acids is 1. The van der Waals surface area contributed by atoms with Crippen LogP contribution in [0.15, 0.2) is 71.9 Å². The number of amides is 1. The number of anilines is 2. The number of aromatic nitrogens is 2. The van der Waals surface area contributed by atoms with E-state index >= 15 is 0 Å². The zero-order valence-electron chi connectivity index (χ0n) is 24.0. The molecule has 12 heteroatoms. The summed E-state index contributed by atoms with van der Waals surface area (Å²) in [4.78, 5) is 30.5. The van der Waals surface area contributed by atoms with Gasteiger partial charge in [0.15, 0.2) is 5.96 Å². The summed E-state index contributed by atoms with van der Waals surface area (Å²) in [5.74, 6) is -1.44. The molecule has 1 aromatic heterocycles. The highest BCUT2D eigenvalue weighted by Gasteiger charge is 2.27. The Hall–Kier alpha value is -4.74. The number of likely N-dealkylation sites (tertiary alicyclic amines) is 1. The summed E-state index contributed by atoms with van der Waals surface area (Å²) in [5, 5.41) is 14.5. The van der Waals surface area contributed by atoms with Gasteiger partial charge >= 0.3 is 0 Å². The van der Waals surface area contributed by atoms with Gasteiger partial charge in [0.05, 0.1) is 23.5 Å². The van der Waals surface area contributed by atoms with E-state index in [1.165, 1.54) is 18.2 Å². The summed E-state index contributed by atoms with van der Waals surface area (Å²) in [5.41, 5.74) is 3.26. The van der Waals surface area contributed by atoms with Gasteiger partial charge in [-0.15, -0.1) is 0 Å². The largest absolute Gasteiger partial charge is 0.341 e. The van der Waals surface area contributed by atoms with Crippen molar-refractivity contribution < 1.29 is 13.6 Å². The van der Waals surface area contributed by atoms with Crippen LogP contribution in [0.5, 0.6) is 0 Å². The van der Waals surface area contributed by atoms with Crippen LogP contribution in [-0.4, -0.2) is 70.6 Å². The van der Waals surface area contributed by atoms with E-state index in [0.29, 0.717) is 51.2 Å². The standard InChI is InChI=1S/C32H29ClF2N8O.CH4/c1-42(2)22-12-13-43(17-22)31(36)41-30(44)18-6-9-21(10-7-18)39-32-38-16-19-15-37-29(27-25(34)4-3-5-26(27)35)24-14-20(33)8-11-23(24)28(19)40-32;/h3-11,14,16,22H,12-13,15,17H2,1-2H3,(H2,36,41,44)(H,38,39,40);1H4. The van der Waals surface area contributed by atoms with Crippen LogP contribution < -0.4 is 10.6 Å². The Kier molecular flexibility index (Phi) is 9.21. The topological polar surface area (TPSA) is 110 Å². The van der Waals surface area contributed by atoms with E-state index in [0.717, 1.165) is 13.0 Å². The molecule has 3 heterocycles. The second-order valence-electron chi connectivity index (χ2n) is 10.9. The average Bonchev–Trinajstić information content (AvgIpc) is 3.45. The molecule has 232 valence electrons. The molecule has 1 unspecified atom stereocenters. The van der Waals surface area contributed by atoms with Crippen molar-refractivity contribution in [3.8, 4) is 11.3 Å². The van der Waals surface area contributed by atoms with Gasteiger partial charge in [-0.05, 0) is 69.0 Å². The SMILES string of the molecule is C.CN(C)C1CCN(C(=N)NC(=O)c2ccc(Nc3ncc4c(n3)-c3ccc(Cl)cc3C(c3c(F)cccc3F)=NC4)cc2)C1. The number of halogens is 3. The summed E-state index contributed by atoms with van der Waals surface area (Å²) in [6, 6.07) is 15.9. The summed E-state index contributed by atoms with van der Waals surface area (Å²) in [7, 11) is 4.02. The molecule has 9 nitrogen and oxygen atoms in total. The van der Waals surface area contributed by atoms with Crippen molar-refractivity contribution in [2.45, 2.75) is 26.4 Å². The number of hydrogen-bond acceptors (Lipinski definition) is 7. The third kappa shape index (κ3) is 6.54. The molecule has 0 bridgehead atoms. The molecule has 1 atom stereocenters. The van der Waals surface area contributed by atoms with Crippen LogP contribution in [0.2, 0.25) is 5.02 Å². The van der Waals surface area contributed by atoms with E-state index in [2.05, 4.69) is 25.5 Å². The minimum absolute atomic E-state index is 0. The summed E-state index contributed by atoms with van der Waals surface area (Å²) in [6.07, 6.45) is 2.56. The van der Waals surface area contributed by atoms with E-state index in [-0.39, 0.29) is 43.1 Å². The zero-order chi connectivity index (χ0) is 31.0. The van der Waals surface area contributed by atoms with Gasteiger partial charge in [0.2, 0.25) is 5.95 Å². The minimum Gasteiger partial charge on any atom is -0.341 e. The van der Waals surface area contributed by atoms with Crippen molar-refractivity contribution >= 4 is 40.8 Å². The Labute approximate surface area is 265 Å². The van der Waals surface area contributed by atoms with Gasteiger partial charge in [0.1, 0.15) is 11.6 Å². The molecule has 2 aliphatic heterocycles. The predicted octanol–water partition coefficient (Wildman–Crippen LogP) is 6.11. The van der Waals surface area contributed by atoms with Crippen molar-refractivity contribution in [2.75, 3.05) is 32.5 Å². The van der Waals surface area contributed by atoms with Crippen LogP contribution in [0.25, 0.3) is 11.3 Å². The van der Waals surface area contributed by atoms with E-state index in [1.807, 2.05) is 19.0 Å². The Morgan fingerprint density at radius 3 is 2.49 bits per heavy atom. The summed E-state index contributed by atoms with van der Waals surface area (Å²) < 4.78 is 29.6.